The van der Waals surface area contributed by atoms with Gasteiger partial charge < -0.3 is 9.63 Å². The van der Waals surface area contributed by atoms with Crippen molar-refractivity contribution in [2.45, 2.75) is 19.8 Å². The predicted octanol–water partition coefficient (Wildman–Crippen LogP) is 1.99. The second-order valence-corrected chi connectivity index (χ2v) is 4.62. The maximum atomic E-state index is 10.7. The van der Waals surface area contributed by atoms with Crippen LogP contribution in [0.5, 0.6) is 11.5 Å². The van der Waals surface area contributed by atoms with Crippen LogP contribution in [0.4, 0.5) is 0 Å². The lowest BCUT2D eigenvalue weighted by atomic mass is 10.0. The van der Waals surface area contributed by atoms with Crippen molar-refractivity contribution in [2.75, 3.05) is 0 Å². The zero-order valence-corrected chi connectivity index (χ0v) is 9.31. The van der Waals surface area contributed by atoms with Crippen LogP contribution in [-0.4, -0.2) is 14.9 Å². The van der Waals surface area contributed by atoms with Crippen molar-refractivity contribution in [1.29, 1.82) is 0 Å². The molecule has 0 radical (unpaired) electrons. The number of aromatic hydroxyl groups is 1. The van der Waals surface area contributed by atoms with Gasteiger partial charge in [-0.2, -0.15) is 0 Å². The second kappa shape index (κ2) is 4.23. The Hall–Kier alpha value is -1.03. The fraction of sp³-hybridized carbons (Fsp3) is 0.333. The number of phosphoric ester groups is 1. The third-order valence-electron chi connectivity index (χ3n) is 1.84. The summed E-state index contributed by atoms with van der Waals surface area (Å²) in [6, 6.07) is 4.21. The Morgan fingerprint density at radius 1 is 1.33 bits per heavy atom. The fourth-order valence-electron chi connectivity index (χ4n) is 1.21. The smallest absolute Gasteiger partial charge is 0.508 e. The van der Waals surface area contributed by atoms with Crippen LogP contribution in [0.2, 0.25) is 0 Å². The first-order valence-corrected chi connectivity index (χ1v) is 5.90. The van der Waals surface area contributed by atoms with Crippen LogP contribution in [0.3, 0.4) is 0 Å². The van der Waals surface area contributed by atoms with Crippen LogP contribution < -0.4 is 4.52 Å². The lowest BCUT2D eigenvalue weighted by Crippen LogP contribution is -1.96. The molecule has 84 valence electrons. The first-order valence-electron chi connectivity index (χ1n) is 4.37. The SMILES string of the molecule is CC(C)c1ccc(O)cc1OP(=O)(O)O. The molecule has 0 saturated carbocycles. The average Bonchev–Trinajstić information content (AvgIpc) is 1.99. The van der Waals surface area contributed by atoms with Gasteiger partial charge in [-0.25, -0.2) is 4.57 Å². The van der Waals surface area contributed by atoms with Crippen LogP contribution >= 0.6 is 7.82 Å². The van der Waals surface area contributed by atoms with Gasteiger partial charge in [0, 0.05) is 6.07 Å². The minimum atomic E-state index is -4.59. The Balaban J connectivity index is 3.13. The molecule has 0 aliphatic rings. The molecule has 5 nitrogen and oxygen atoms in total. The van der Waals surface area contributed by atoms with Gasteiger partial charge in [-0.3, -0.25) is 9.79 Å². The Kier molecular flexibility index (Phi) is 3.39. The number of hydrogen-bond donors (Lipinski definition) is 3. The van der Waals surface area contributed by atoms with Crippen molar-refractivity contribution in [1.82, 2.24) is 0 Å². The van der Waals surface area contributed by atoms with Crippen molar-refractivity contribution < 1.29 is 24.0 Å². The van der Waals surface area contributed by atoms with E-state index in [4.69, 9.17) is 9.79 Å². The molecular weight excluding hydrogens is 219 g/mol. The van der Waals surface area contributed by atoms with E-state index in [1.54, 1.807) is 6.07 Å². The van der Waals surface area contributed by atoms with Crippen LogP contribution in [0.1, 0.15) is 25.3 Å². The van der Waals surface area contributed by atoms with Gasteiger partial charge in [0.2, 0.25) is 0 Å². The number of phosphoric acid groups is 1. The standard InChI is InChI=1S/C9H13O5P/c1-6(2)8-4-3-7(10)5-9(8)14-15(11,12)13/h3-6,10H,1-2H3,(H2,11,12,13). The van der Waals surface area contributed by atoms with Crippen LogP contribution in [-0.2, 0) is 4.57 Å². The Morgan fingerprint density at radius 2 is 1.93 bits per heavy atom. The molecule has 0 fully saturated rings. The maximum Gasteiger partial charge on any atom is 0.524 e. The molecule has 3 N–H and O–H groups in total. The number of phenolic OH excluding ortho intramolecular Hbond substituents is 1. The van der Waals surface area contributed by atoms with E-state index in [0.717, 1.165) is 0 Å². The first-order chi connectivity index (χ1) is 6.79. The molecule has 1 rings (SSSR count). The molecule has 0 atom stereocenters. The summed E-state index contributed by atoms with van der Waals surface area (Å²) in [6.45, 7) is 3.72. The third-order valence-corrected chi connectivity index (χ3v) is 2.27. The molecule has 0 aliphatic carbocycles. The summed E-state index contributed by atoms with van der Waals surface area (Å²) < 4.78 is 15.2. The van der Waals surface area contributed by atoms with Gasteiger partial charge in [0.1, 0.15) is 11.5 Å². The third kappa shape index (κ3) is 3.55. The maximum absolute atomic E-state index is 10.7. The average molecular weight is 232 g/mol. The Morgan fingerprint density at radius 3 is 2.40 bits per heavy atom. The lowest BCUT2D eigenvalue weighted by Gasteiger charge is -2.14. The zero-order valence-electron chi connectivity index (χ0n) is 8.41. The van der Waals surface area contributed by atoms with Crippen molar-refractivity contribution in [3.05, 3.63) is 23.8 Å². The molecule has 15 heavy (non-hydrogen) atoms. The number of phenols is 1. The normalized spacial score (nSPS) is 11.8. The van der Waals surface area contributed by atoms with E-state index in [0.29, 0.717) is 5.56 Å². The highest BCUT2D eigenvalue weighted by molar-refractivity contribution is 7.46. The highest BCUT2D eigenvalue weighted by Crippen LogP contribution is 2.42. The zero-order chi connectivity index (χ0) is 11.6. The fourth-order valence-corrected chi connectivity index (χ4v) is 1.62. The van der Waals surface area contributed by atoms with Gasteiger partial charge in [-0.05, 0) is 17.5 Å². The van der Waals surface area contributed by atoms with Crippen LogP contribution in [0, 0.1) is 0 Å². The van der Waals surface area contributed by atoms with Crippen LogP contribution in [0.25, 0.3) is 0 Å². The number of benzene rings is 1. The van der Waals surface area contributed by atoms with E-state index in [1.807, 2.05) is 13.8 Å². The molecule has 1 aromatic carbocycles. The van der Waals surface area contributed by atoms with Crippen molar-refractivity contribution in [2.24, 2.45) is 0 Å². The minimum absolute atomic E-state index is 0.0123. The van der Waals surface area contributed by atoms with Gasteiger partial charge >= 0.3 is 7.82 Å². The van der Waals surface area contributed by atoms with E-state index in [-0.39, 0.29) is 17.4 Å². The molecule has 1 aromatic rings. The van der Waals surface area contributed by atoms with E-state index in [9.17, 15) is 9.67 Å². The largest absolute Gasteiger partial charge is 0.524 e. The molecule has 0 unspecified atom stereocenters. The summed E-state index contributed by atoms with van der Waals surface area (Å²) >= 11 is 0. The monoisotopic (exact) mass is 232 g/mol. The molecule has 0 spiro atoms. The topological polar surface area (TPSA) is 87.0 Å². The molecule has 0 saturated heterocycles. The van der Waals surface area contributed by atoms with Gasteiger partial charge in [0.15, 0.2) is 0 Å². The van der Waals surface area contributed by atoms with E-state index in [1.165, 1.54) is 12.1 Å². The quantitative estimate of drug-likeness (QED) is 0.693. The highest BCUT2D eigenvalue weighted by Gasteiger charge is 2.19. The summed E-state index contributed by atoms with van der Waals surface area (Å²) in [5, 5.41) is 9.18. The molecule has 0 aromatic heterocycles. The molecule has 0 aliphatic heterocycles. The molecule has 6 heteroatoms. The minimum Gasteiger partial charge on any atom is -0.508 e. The highest BCUT2D eigenvalue weighted by atomic mass is 31.2. The Bertz CT molecular complexity index is 395. The van der Waals surface area contributed by atoms with Gasteiger partial charge in [-0.15, -0.1) is 0 Å². The van der Waals surface area contributed by atoms with E-state index >= 15 is 0 Å². The van der Waals surface area contributed by atoms with Crippen molar-refractivity contribution in [3.8, 4) is 11.5 Å². The Labute approximate surface area is 87.6 Å². The van der Waals surface area contributed by atoms with E-state index in [2.05, 4.69) is 4.52 Å². The summed E-state index contributed by atoms with van der Waals surface area (Å²) in [6.07, 6.45) is 0. The van der Waals surface area contributed by atoms with E-state index < -0.39 is 7.82 Å². The van der Waals surface area contributed by atoms with Crippen LogP contribution in [0.15, 0.2) is 18.2 Å². The second-order valence-electron chi connectivity index (χ2n) is 3.46. The molecular formula is C9H13O5P. The summed E-state index contributed by atoms with van der Waals surface area (Å²) in [7, 11) is -4.59. The van der Waals surface area contributed by atoms with Crippen molar-refractivity contribution in [3.63, 3.8) is 0 Å². The summed E-state index contributed by atoms with van der Waals surface area (Å²) in [5.41, 5.74) is 0.635. The first kappa shape index (κ1) is 12.0. The summed E-state index contributed by atoms with van der Waals surface area (Å²) in [4.78, 5) is 17.4. The number of rotatable bonds is 3. The molecule has 0 amide bonds. The lowest BCUT2D eigenvalue weighted by molar-refractivity contribution is 0.281. The predicted molar refractivity (Wildman–Crippen MR) is 54.9 cm³/mol. The summed E-state index contributed by atoms with van der Waals surface area (Å²) in [5.74, 6) is -0.0340. The molecule has 0 bridgehead atoms. The van der Waals surface area contributed by atoms with Gasteiger partial charge in [-0.1, -0.05) is 19.9 Å². The van der Waals surface area contributed by atoms with Gasteiger partial charge in [0.05, 0.1) is 0 Å². The van der Waals surface area contributed by atoms with Crippen molar-refractivity contribution >= 4 is 7.82 Å². The molecule has 0 heterocycles. The van der Waals surface area contributed by atoms with Gasteiger partial charge in [0.25, 0.3) is 0 Å². The number of hydrogen-bond acceptors (Lipinski definition) is 3.